The Morgan fingerprint density at radius 1 is 1.23 bits per heavy atom. The van der Waals surface area contributed by atoms with E-state index in [4.69, 9.17) is 9.47 Å². The van der Waals surface area contributed by atoms with Gasteiger partial charge in [-0.2, -0.15) is 0 Å². The molecule has 1 aromatic rings. The number of nitrogens with one attached hydrogen (secondary N) is 1. The summed E-state index contributed by atoms with van der Waals surface area (Å²) >= 11 is 0. The molecule has 5 nitrogen and oxygen atoms in total. The lowest BCUT2D eigenvalue weighted by Gasteiger charge is -2.22. The lowest BCUT2D eigenvalue weighted by molar-refractivity contribution is 0.197. The normalized spacial score (nSPS) is 11.4. The number of guanidine groups is 1. The van der Waals surface area contributed by atoms with Crippen LogP contribution in [0.5, 0.6) is 5.75 Å². The lowest BCUT2D eigenvalue weighted by atomic mass is 10.2. The summed E-state index contributed by atoms with van der Waals surface area (Å²) in [6, 6.07) is 8.20. The fourth-order valence-corrected chi connectivity index (χ4v) is 2.07. The third kappa shape index (κ3) is 6.80. The smallest absolute Gasteiger partial charge is 0.193 e. The summed E-state index contributed by atoms with van der Waals surface area (Å²) < 4.78 is 10.5. The molecule has 5 heteroatoms. The molecular weight excluding hydrogens is 278 g/mol. The molecule has 22 heavy (non-hydrogen) atoms. The SMILES string of the molecule is CCNC(=NCCCOC)N(C)Cc1ccc(OCC)cc1. The minimum atomic E-state index is 0.692. The highest BCUT2D eigenvalue weighted by Gasteiger charge is 2.06. The van der Waals surface area contributed by atoms with Crippen LogP contribution in [0.2, 0.25) is 0 Å². The summed E-state index contributed by atoms with van der Waals surface area (Å²) in [5.41, 5.74) is 1.23. The van der Waals surface area contributed by atoms with E-state index in [1.807, 2.05) is 26.1 Å². The van der Waals surface area contributed by atoms with E-state index in [0.717, 1.165) is 44.4 Å². The number of hydrogen-bond acceptors (Lipinski definition) is 3. The summed E-state index contributed by atoms with van der Waals surface area (Å²) in [4.78, 5) is 6.75. The lowest BCUT2D eigenvalue weighted by Crippen LogP contribution is -2.38. The van der Waals surface area contributed by atoms with E-state index < -0.39 is 0 Å². The summed E-state index contributed by atoms with van der Waals surface area (Å²) in [7, 11) is 3.77. The van der Waals surface area contributed by atoms with Gasteiger partial charge >= 0.3 is 0 Å². The number of nitrogens with zero attached hydrogens (tertiary/aromatic N) is 2. The van der Waals surface area contributed by atoms with Gasteiger partial charge in [-0.3, -0.25) is 4.99 Å². The fourth-order valence-electron chi connectivity index (χ4n) is 2.07. The Morgan fingerprint density at radius 2 is 1.95 bits per heavy atom. The average molecular weight is 307 g/mol. The number of methoxy groups -OCH3 is 1. The first-order valence-electron chi connectivity index (χ1n) is 7.91. The van der Waals surface area contributed by atoms with Crippen molar-refractivity contribution in [1.29, 1.82) is 0 Å². The van der Waals surface area contributed by atoms with Crippen molar-refractivity contribution in [2.24, 2.45) is 4.99 Å². The molecule has 0 aromatic heterocycles. The van der Waals surface area contributed by atoms with Crippen LogP contribution >= 0.6 is 0 Å². The molecule has 1 rings (SSSR count). The molecule has 0 bridgehead atoms. The largest absolute Gasteiger partial charge is 0.494 e. The number of hydrogen-bond donors (Lipinski definition) is 1. The van der Waals surface area contributed by atoms with Crippen molar-refractivity contribution in [2.75, 3.05) is 40.5 Å². The zero-order valence-corrected chi connectivity index (χ0v) is 14.3. The monoisotopic (exact) mass is 307 g/mol. The van der Waals surface area contributed by atoms with Crippen molar-refractivity contribution >= 4 is 5.96 Å². The first kappa shape index (κ1) is 18.3. The van der Waals surface area contributed by atoms with Crippen LogP contribution in [0, 0.1) is 0 Å². The van der Waals surface area contributed by atoms with Gasteiger partial charge in [0, 0.05) is 40.4 Å². The molecule has 0 unspecified atom stereocenters. The first-order chi connectivity index (χ1) is 10.7. The summed E-state index contributed by atoms with van der Waals surface area (Å²) in [5, 5.41) is 3.32. The van der Waals surface area contributed by atoms with Gasteiger partial charge in [-0.05, 0) is 38.0 Å². The molecular formula is C17H29N3O2. The van der Waals surface area contributed by atoms with E-state index in [1.54, 1.807) is 7.11 Å². The van der Waals surface area contributed by atoms with Crippen LogP contribution < -0.4 is 10.1 Å². The molecule has 0 spiro atoms. The van der Waals surface area contributed by atoms with Crippen LogP contribution in [0.15, 0.2) is 29.3 Å². The molecule has 0 atom stereocenters. The highest BCUT2D eigenvalue weighted by Crippen LogP contribution is 2.13. The predicted molar refractivity (Wildman–Crippen MR) is 91.5 cm³/mol. The fraction of sp³-hybridized carbons (Fsp3) is 0.588. The predicted octanol–water partition coefficient (Wildman–Crippen LogP) is 2.52. The molecule has 0 aliphatic heterocycles. The number of benzene rings is 1. The molecule has 1 N–H and O–H groups in total. The maximum atomic E-state index is 5.47. The van der Waals surface area contributed by atoms with Crippen LogP contribution in [0.3, 0.4) is 0 Å². The minimum Gasteiger partial charge on any atom is -0.494 e. The Bertz CT molecular complexity index is 432. The molecule has 0 aliphatic rings. The van der Waals surface area contributed by atoms with Gasteiger partial charge in [-0.15, -0.1) is 0 Å². The van der Waals surface area contributed by atoms with Crippen molar-refractivity contribution in [3.05, 3.63) is 29.8 Å². The molecule has 0 saturated carbocycles. The van der Waals surface area contributed by atoms with Crippen molar-refractivity contribution < 1.29 is 9.47 Å². The van der Waals surface area contributed by atoms with Gasteiger partial charge in [0.1, 0.15) is 5.75 Å². The summed E-state index contributed by atoms with van der Waals surface area (Å²) in [6.07, 6.45) is 0.933. The van der Waals surface area contributed by atoms with Crippen molar-refractivity contribution in [1.82, 2.24) is 10.2 Å². The van der Waals surface area contributed by atoms with E-state index in [-0.39, 0.29) is 0 Å². The second-order valence-electron chi connectivity index (χ2n) is 5.02. The highest BCUT2D eigenvalue weighted by molar-refractivity contribution is 5.79. The molecule has 0 fully saturated rings. The Kier molecular flexibility index (Phi) is 9.07. The van der Waals surface area contributed by atoms with Gasteiger partial charge in [0.25, 0.3) is 0 Å². The van der Waals surface area contributed by atoms with Crippen molar-refractivity contribution in [2.45, 2.75) is 26.8 Å². The molecule has 124 valence electrons. The molecule has 1 aromatic carbocycles. The van der Waals surface area contributed by atoms with Gasteiger partial charge in [0.15, 0.2) is 5.96 Å². The Morgan fingerprint density at radius 3 is 2.55 bits per heavy atom. The van der Waals surface area contributed by atoms with Crippen molar-refractivity contribution in [3.63, 3.8) is 0 Å². The molecule has 0 aliphatic carbocycles. The zero-order chi connectivity index (χ0) is 16.2. The van der Waals surface area contributed by atoms with E-state index in [1.165, 1.54) is 5.56 Å². The average Bonchev–Trinajstić information content (AvgIpc) is 2.52. The number of aliphatic imine (C=N–C) groups is 1. The number of rotatable bonds is 9. The van der Waals surface area contributed by atoms with E-state index in [9.17, 15) is 0 Å². The molecule has 0 heterocycles. The number of ether oxygens (including phenoxy) is 2. The van der Waals surface area contributed by atoms with E-state index >= 15 is 0 Å². The second-order valence-corrected chi connectivity index (χ2v) is 5.02. The van der Waals surface area contributed by atoms with Gasteiger partial charge < -0.3 is 19.7 Å². The van der Waals surface area contributed by atoms with Gasteiger partial charge in [0.05, 0.1) is 6.61 Å². The van der Waals surface area contributed by atoms with Crippen LogP contribution in [-0.2, 0) is 11.3 Å². The first-order valence-corrected chi connectivity index (χ1v) is 7.91. The standard InChI is InChI=1S/C17H29N3O2/c1-5-18-17(19-12-7-13-21-4)20(3)14-15-8-10-16(11-9-15)22-6-2/h8-11H,5-7,12-14H2,1-4H3,(H,18,19). The summed E-state index contributed by atoms with van der Waals surface area (Å²) in [6.45, 7) is 7.94. The van der Waals surface area contributed by atoms with Crippen molar-refractivity contribution in [3.8, 4) is 5.75 Å². The molecule has 0 amide bonds. The van der Waals surface area contributed by atoms with Crippen LogP contribution in [0.4, 0.5) is 0 Å². The maximum absolute atomic E-state index is 5.47. The highest BCUT2D eigenvalue weighted by atomic mass is 16.5. The molecule has 0 radical (unpaired) electrons. The van der Waals surface area contributed by atoms with Crippen LogP contribution in [0.1, 0.15) is 25.8 Å². The van der Waals surface area contributed by atoms with Crippen LogP contribution in [0.25, 0.3) is 0 Å². The Hall–Kier alpha value is -1.75. The minimum absolute atomic E-state index is 0.692. The zero-order valence-electron chi connectivity index (χ0n) is 14.3. The van der Waals surface area contributed by atoms with Gasteiger partial charge in [0.2, 0.25) is 0 Å². The quantitative estimate of drug-likeness (QED) is 0.432. The van der Waals surface area contributed by atoms with E-state index in [2.05, 4.69) is 34.3 Å². The third-order valence-electron chi connectivity index (χ3n) is 3.12. The van der Waals surface area contributed by atoms with Crippen LogP contribution in [-0.4, -0.2) is 51.3 Å². The summed E-state index contributed by atoms with van der Waals surface area (Å²) in [5.74, 6) is 1.83. The topological polar surface area (TPSA) is 46.1 Å². The van der Waals surface area contributed by atoms with Gasteiger partial charge in [-0.25, -0.2) is 0 Å². The maximum Gasteiger partial charge on any atom is 0.193 e. The third-order valence-corrected chi connectivity index (χ3v) is 3.12. The van der Waals surface area contributed by atoms with E-state index in [0.29, 0.717) is 6.61 Å². The Labute approximate surface area is 134 Å². The Balaban J connectivity index is 2.59. The van der Waals surface area contributed by atoms with Gasteiger partial charge in [-0.1, -0.05) is 12.1 Å². The molecule has 0 saturated heterocycles. The second kappa shape index (κ2) is 10.9.